The Morgan fingerprint density at radius 2 is 0.562 bits per heavy atom. The lowest BCUT2D eigenvalue weighted by atomic mass is 10.0. The van der Waals surface area contributed by atoms with Crippen molar-refractivity contribution < 1.29 is 42.1 Å². The van der Waals surface area contributed by atoms with Gasteiger partial charge in [0.25, 0.3) is 7.82 Å². The van der Waals surface area contributed by atoms with Gasteiger partial charge in [-0.25, -0.2) is 0 Å². The van der Waals surface area contributed by atoms with Crippen LogP contribution < -0.4 is 4.89 Å². The molecule has 0 fully saturated rings. The Balaban J connectivity index is 3.98. The molecule has 0 aromatic carbocycles. The molecule has 0 aliphatic rings. The van der Waals surface area contributed by atoms with Crippen molar-refractivity contribution in [3.05, 3.63) is 146 Å². The van der Waals surface area contributed by atoms with E-state index >= 15 is 0 Å². The van der Waals surface area contributed by atoms with Crippen LogP contribution in [0.1, 0.15) is 335 Å². The summed E-state index contributed by atoms with van der Waals surface area (Å²) in [5.41, 5.74) is 0. The molecule has 0 aliphatic heterocycles. The molecule has 9 nitrogen and oxygen atoms in total. The van der Waals surface area contributed by atoms with Gasteiger partial charge in [-0.3, -0.25) is 14.2 Å². The van der Waals surface area contributed by atoms with Crippen LogP contribution in [0.15, 0.2) is 146 Å². The molecule has 0 aromatic rings. The zero-order chi connectivity index (χ0) is 69.7. The van der Waals surface area contributed by atoms with E-state index in [1.165, 1.54) is 186 Å². The Morgan fingerprint density at radius 1 is 0.323 bits per heavy atom. The lowest BCUT2D eigenvalue weighted by Gasteiger charge is -2.28. The summed E-state index contributed by atoms with van der Waals surface area (Å²) in [5, 5.41) is 0. The third kappa shape index (κ3) is 78.9. The molecular weight excluding hydrogens is 1210 g/mol. The summed E-state index contributed by atoms with van der Waals surface area (Å²) >= 11 is 0. The van der Waals surface area contributed by atoms with Crippen molar-refractivity contribution in [2.45, 2.75) is 341 Å². The van der Waals surface area contributed by atoms with Gasteiger partial charge >= 0.3 is 11.9 Å². The van der Waals surface area contributed by atoms with Gasteiger partial charge < -0.3 is 27.9 Å². The van der Waals surface area contributed by atoms with Crippen molar-refractivity contribution in [1.82, 2.24) is 0 Å². The number of unbranched alkanes of at least 4 members (excludes halogenated alkanes) is 34. The number of ether oxygens (including phenoxy) is 2. The number of phosphoric ester groups is 1. The van der Waals surface area contributed by atoms with Crippen LogP contribution in [0.2, 0.25) is 0 Å². The Hall–Kier alpha value is -4.11. The molecule has 0 bridgehead atoms. The second kappa shape index (κ2) is 75.1. The fraction of sp³-hybridized carbons (Fsp3) is 0.698. The number of carbonyl (C=O) groups is 2. The van der Waals surface area contributed by atoms with Crippen molar-refractivity contribution >= 4 is 19.8 Å². The van der Waals surface area contributed by atoms with E-state index in [0.29, 0.717) is 17.4 Å². The Labute approximate surface area is 593 Å². The molecule has 0 aliphatic carbocycles. The number of nitrogens with zero attached hydrogens (tertiary/aromatic N) is 1. The number of esters is 2. The first-order valence-corrected chi connectivity index (χ1v) is 41.0. The standard InChI is InChI=1S/C86H148NO8P/c1-6-8-10-12-14-16-18-20-22-24-26-28-30-32-34-36-38-40-41-42-43-44-45-47-49-51-53-55-57-59-61-63-65-67-69-71-73-75-77-79-86(89)95-84(83-94-96(90,91)93-81-80-87(3,4)5)82-92-85(88)78-76-74-72-70-68-66-64-62-60-58-56-54-52-50-48-46-39-37-35-33-31-29-27-25-23-21-19-17-15-13-11-9-7-2/h8-11,14-17,20-23,26-29,32-35,38,40,42-43,84H,6-7,12-13,18-19,24-25,30-31,36-37,39,41,44-83H2,1-5H3/b10-8-,11-9-,16-14-,17-15-,22-20-,23-21-,28-26-,29-27-,34-32-,35-33-,40-38-,43-42-. The van der Waals surface area contributed by atoms with Crippen molar-refractivity contribution in [1.29, 1.82) is 0 Å². The summed E-state index contributed by atoms with van der Waals surface area (Å²) in [6.45, 7) is 4.04. The second-order valence-electron chi connectivity index (χ2n) is 27.3. The van der Waals surface area contributed by atoms with E-state index in [4.69, 9.17) is 18.5 Å². The topological polar surface area (TPSA) is 111 Å². The van der Waals surface area contributed by atoms with Crippen LogP contribution in [0, 0.1) is 0 Å². The lowest BCUT2D eigenvalue weighted by Crippen LogP contribution is -2.37. The van der Waals surface area contributed by atoms with Crippen LogP contribution in [-0.2, 0) is 32.7 Å². The molecule has 0 rings (SSSR count). The third-order valence-corrected chi connectivity index (χ3v) is 17.8. The Morgan fingerprint density at radius 3 is 0.833 bits per heavy atom. The zero-order valence-corrected chi connectivity index (χ0v) is 63.7. The normalized spacial score (nSPS) is 13.9. The van der Waals surface area contributed by atoms with Crippen LogP contribution in [0.4, 0.5) is 0 Å². The molecular formula is C86H148NO8P. The van der Waals surface area contributed by atoms with Crippen molar-refractivity contribution in [3.63, 3.8) is 0 Å². The number of quaternary nitrogens is 1. The summed E-state index contributed by atoms with van der Waals surface area (Å²) in [4.78, 5) is 38.2. The molecule has 0 aromatic heterocycles. The number of hydrogen-bond donors (Lipinski definition) is 0. The SMILES string of the molecule is CC/C=C\C/C=C\C/C=C\C/C=C\C/C=C\C/C=C\C/C=C\CCCCCCCCCCCCCCCCCCCC(=O)OC(COC(=O)CCCCCCCCCCCCCCCCCCC/C=C\C/C=C\C/C=C\C/C=C\C/C=C\CC)COP(=O)([O-])OCC[N+](C)(C)C. The highest BCUT2D eigenvalue weighted by molar-refractivity contribution is 7.45. The van der Waals surface area contributed by atoms with Gasteiger partial charge in [-0.2, -0.15) is 0 Å². The smallest absolute Gasteiger partial charge is 0.306 e. The molecule has 0 spiro atoms. The van der Waals surface area contributed by atoms with E-state index < -0.39 is 26.5 Å². The van der Waals surface area contributed by atoms with Crippen LogP contribution in [0.5, 0.6) is 0 Å². The maximum absolute atomic E-state index is 12.9. The summed E-state index contributed by atoms with van der Waals surface area (Å²) in [6, 6.07) is 0. The summed E-state index contributed by atoms with van der Waals surface area (Å²) < 4.78 is 34.4. The van der Waals surface area contributed by atoms with Gasteiger partial charge in [0.1, 0.15) is 19.8 Å². The van der Waals surface area contributed by atoms with Gasteiger partial charge in [-0.15, -0.1) is 0 Å². The van der Waals surface area contributed by atoms with Crippen LogP contribution in [0.3, 0.4) is 0 Å². The predicted molar refractivity (Wildman–Crippen MR) is 415 cm³/mol. The van der Waals surface area contributed by atoms with Gasteiger partial charge in [-0.1, -0.05) is 352 Å². The van der Waals surface area contributed by atoms with Gasteiger partial charge in [0, 0.05) is 12.8 Å². The van der Waals surface area contributed by atoms with Gasteiger partial charge in [0.05, 0.1) is 27.7 Å². The number of carbonyl (C=O) groups excluding carboxylic acids is 2. The minimum absolute atomic E-state index is 0.0341. The maximum atomic E-state index is 12.9. The first kappa shape index (κ1) is 91.9. The highest BCUT2D eigenvalue weighted by atomic mass is 31.2. The molecule has 0 heterocycles. The maximum Gasteiger partial charge on any atom is 0.306 e. The number of allylic oxidation sites excluding steroid dienone is 24. The number of hydrogen-bond acceptors (Lipinski definition) is 8. The average Bonchev–Trinajstić information content (AvgIpc) is 1.98. The monoisotopic (exact) mass is 1350 g/mol. The molecule has 550 valence electrons. The molecule has 0 N–H and O–H groups in total. The quantitative estimate of drug-likeness (QED) is 0.0195. The average molecular weight is 1360 g/mol. The summed E-state index contributed by atoms with van der Waals surface area (Å²) in [7, 11) is 1.17. The minimum Gasteiger partial charge on any atom is -0.756 e. The highest BCUT2D eigenvalue weighted by Crippen LogP contribution is 2.38. The minimum atomic E-state index is -4.65. The first-order valence-electron chi connectivity index (χ1n) is 39.5. The van der Waals surface area contributed by atoms with E-state index in [0.717, 1.165) is 116 Å². The highest BCUT2D eigenvalue weighted by Gasteiger charge is 2.22. The fourth-order valence-electron chi connectivity index (χ4n) is 10.9. The van der Waals surface area contributed by atoms with E-state index in [-0.39, 0.29) is 32.0 Å². The van der Waals surface area contributed by atoms with E-state index in [9.17, 15) is 19.0 Å². The van der Waals surface area contributed by atoms with Gasteiger partial charge in [0.2, 0.25) is 0 Å². The first-order chi connectivity index (χ1) is 47.0. The second-order valence-corrected chi connectivity index (χ2v) is 28.7. The van der Waals surface area contributed by atoms with Crippen molar-refractivity contribution in [2.24, 2.45) is 0 Å². The summed E-state index contributed by atoms with van der Waals surface area (Å²) in [5.74, 6) is -0.825. The molecule has 10 heteroatoms. The van der Waals surface area contributed by atoms with Gasteiger partial charge in [-0.05, 0) is 116 Å². The van der Waals surface area contributed by atoms with Crippen molar-refractivity contribution in [3.8, 4) is 0 Å². The summed E-state index contributed by atoms with van der Waals surface area (Å²) in [6.07, 6.45) is 111. The number of phosphoric acid groups is 1. The zero-order valence-electron chi connectivity index (χ0n) is 62.8. The lowest BCUT2D eigenvalue weighted by molar-refractivity contribution is -0.870. The van der Waals surface area contributed by atoms with E-state index in [1.54, 1.807) is 0 Å². The Bertz CT molecular complexity index is 2140. The molecule has 96 heavy (non-hydrogen) atoms. The van der Waals surface area contributed by atoms with Crippen LogP contribution in [-0.4, -0.2) is 70.0 Å². The predicted octanol–water partition coefficient (Wildman–Crippen LogP) is 25.9. The molecule has 0 saturated heterocycles. The molecule has 0 saturated carbocycles. The largest absolute Gasteiger partial charge is 0.756 e. The molecule has 2 unspecified atom stereocenters. The van der Waals surface area contributed by atoms with E-state index in [2.05, 4.69) is 160 Å². The molecule has 0 amide bonds. The van der Waals surface area contributed by atoms with Crippen LogP contribution in [0.25, 0.3) is 0 Å². The fourth-order valence-corrected chi connectivity index (χ4v) is 11.6. The number of rotatable bonds is 72. The molecule has 0 radical (unpaired) electrons. The van der Waals surface area contributed by atoms with Crippen molar-refractivity contribution in [2.75, 3.05) is 47.5 Å². The third-order valence-electron chi connectivity index (χ3n) is 16.9. The van der Waals surface area contributed by atoms with Gasteiger partial charge in [0.15, 0.2) is 6.10 Å². The molecule has 2 atom stereocenters. The number of likely N-dealkylation sites (N-methyl/N-ethyl adjacent to an activating group) is 1. The van der Waals surface area contributed by atoms with E-state index in [1.807, 2.05) is 21.1 Å². The Kier molecular flexibility index (Phi) is 71.9. The van der Waals surface area contributed by atoms with Crippen LogP contribution >= 0.6 is 7.82 Å².